The fraction of sp³-hybridized carbons (Fsp3) is 0.231. The average molecular weight is 451 g/mol. The van der Waals surface area contributed by atoms with Gasteiger partial charge in [0.2, 0.25) is 0 Å². The Kier molecular flexibility index (Phi) is 5.35. The molecule has 1 unspecified atom stereocenters. The molecule has 2 aromatic rings. The molecule has 0 aliphatic carbocycles. The van der Waals surface area contributed by atoms with Crippen LogP contribution >= 0.6 is 49.9 Å². The Balaban J connectivity index is 2.18. The summed E-state index contributed by atoms with van der Waals surface area (Å²) < 4.78 is 1.84. The van der Waals surface area contributed by atoms with Crippen molar-refractivity contribution in [1.82, 2.24) is 10.3 Å². The maximum Gasteiger partial charge on any atom is 0.253 e. The number of rotatable bonds is 4. The second-order valence-electron chi connectivity index (χ2n) is 3.93. The minimum absolute atomic E-state index is 0.0303. The summed E-state index contributed by atoms with van der Waals surface area (Å²) in [6.45, 7) is 2.04. The molecule has 0 radical (unpaired) electrons. The van der Waals surface area contributed by atoms with Crippen molar-refractivity contribution < 1.29 is 4.79 Å². The summed E-state index contributed by atoms with van der Waals surface area (Å²) in [5, 5.41) is 5.89. The molecule has 1 aromatic carbocycles. The molecular weight excluding hydrogens is 439 g/mol. The van der Waals surface area contributed by atoms with Crippen LogP contribution in [-0.2, 0) is 0 Å². The van der Waals surface area contributed by atoms with Crippen LogP contribution in [0.4, 0.5) is 0 Å². The van der Waals surface area contributed by atoms with E-state index in [1.807, 2.05) is 30.5 Å². The van der Waals surface area contributed by atoms with Gasteiger partial charge in [-0.05, 0) is 63.1 Å². The predicted octanol–water partition coefficient (Wildman–Crippen LogP) is 4.39. The van der Waals surface area contributed by atoms with Gasteiger partial charge in [-0.2, -0.15) is 0 Å². The number of benzene rings is 1. The second kappa shape index (κ2) is 6.81. The molecule has 19 heavy (non-hydrogen) atoms. The van der Waals surface area contributed by atoms with Crippen molar-refractivity contribution >= 4 is 55.8 Å². The topological polar surface area (TPSA) is 42.0 Å². The quantitative estimate of drug-likeness (QED) is 0.702. The van der Waals surface area contributed by atoms with Crippen LogP contribution in [0.25, 0.3) is 0 Å². The summed E-state index contributed by atoms with van der Waals surface area (Å²) in [6.07, 6.45) is 2.58. The summed E-state index contributed by atoms with van der Waals surface area (Å²) in [4.78, 5) is 16.6. The van der Waals surface area contributed by atoms with Crippen molar-refractivity contribution in [3.8, 4) is 0 Å². The van der Waals surface area contributed by atoms with E-state index in [9.17, 15) is 4.79 Å². The van der Waals surface area contributed by atoms with Crippen molar-refractivity contribution in [2.75, 3.05) is 0 Å². The largest absolute Gasteiger partial charge is 0.343 e. The number of halogens is 2. The Hall–Kier alpha value is -0.470. The summed E-state index contributed by atoms with van der Waals surface area (Å²) in [5.74, 6) is -0.0764. The third-order valence-corrected chi connectivity index (χ3v) is 4.89. The van der Waals surface area contributed by atoms with Crippen molar-refractivity contribution in [1.29, 1.82) is 0 Å². The Morgan fingerprint density at radius 3 is 3.00 bits per heavy atom. The first-order valence-electron chi connectivity index (χ1n) is 5.77. The lowest BCUT2D eigenvalue weighted by atomic mass is 10.2. The van der Waals surface area contributed by atoms with Gasteiger partial charge in [-0.15, -0.1) is 11.3 Å². The van der Waals surface area contributed by atoms with E-state index in [1.165, 1.54) is 0 Å². The number of carbonyl (C=O) groups is 1. The third-order valence-electron chi connectivity index (χ3n) is 2.64. The van der Waals surface area contributed by atoms with Gasteiger partial charge in [0, 0.05) is 19.6 Å². The zero-order valence-electron chi connectivity index (χ0n) is 10.2. The lowest BCUT2D eigenvalue weighted by Crippen LogP contribution is -2.28. The average Bonchev–Trinajstić information content (AvgIpc) is 2.92. The number of nitrogens with zero attached hydrogens (tertiary/aromatic N) is 1. The monoisotopic (exact) mass is 450 g/mol. The Labute approximate surface area is 138 Å². The molecule has 1 heterocycles. The second-order valence-corrected chi connectivity index (χ2v) is 6.95. The molecule has 0 aliphatic rings. The van der Waals surface area contributed by atoms with Crippen LogP contribution in [0.2, 0.25) is 0 Å². The van der Waals surface area contributed by atoms with Gasteiger partial charge in [0.25, 0.3) is 5.91 Å². The lowest BCUT2D eigenvalue weighted by Gasteiger charge is -2.15. The summed E-state index contributed by atoms with van der Waals surface area (Å²) >= 11 is 7.17. The zero-order chi connectivity index (χ0) is 13.8. The van der Waals surface area contributed by atoms with E-state index in [1.54, 1.807) is 17.5 Å². The standard InChI is InChI=1S/C13H12BrIN2OS/c1-2-11(13-16-5-6-19-13)17-12(18)9-7-8(15)3-4-10(9)14/h3-7,11H,2H2,1H3,(H,17,18). The molecule has 3 nitrogen and oxygen atoms in total. The first-order valence-corrected chi connectivity index (χ1v) is 8.52. The number of thiazole rings is 1. The predicted molar refractivity (Wildman–Crippen MR) is 89.5 cm³/mol. The number of hydrogen-bond donors (Lipinski definition) is 1. The number of nitrogens with one attached hydrogen (secondary N) is 1. The van der Waals surface area contributed by atoms with E-state index < -0.39 is 0 Å². The van der Waals surface area contributed by atoms with E-state index in [2.05, 4.69) is 48.8 Å². The molecule has 1 N–H and O–H groups in total. The number of amides is 1. The van der Waals surface area contributed by atoms with E-state index in [0.717, 1.165) is 19.5 Å². The molecule has 0 saturated carbocycles. The zero-order valence-corrected chi connectivity index (χ0v) is 14.8. The van der Waals surface area contributed by atoms with E-state index >= 15 is 0 Å². The van der Waals surface area contributed by atoms with E-state index in [4.69, 9.17) is 0 Å². The molecule has 0 bridgehead atoms. The summed E-state index contributed by atoms with van der Waals surface area (Å²) in [5.41, 5.74) is 0.655. The van der Waals surface area contributed by atoms with Gasteiger partial charge >= 0.3 is 0 Å². The first-order chi connectivity index (χ1) is 9.11. The summed E-state index contributed by atoms with van der Waals surface area (Å²) in [7, 11) is 0. The normalized spacial score (nSPS) is 12.2. The molecule has 0 aliphatic heterocycles. The molecule has 6 heteroatoms. The third kappa shape index (κ3) is 3.76. The van der Waals surface area contributed by atoms with E-state index in [-0.39, 0.29) is 11.9 Å². The molecule has 0 fully saturated rings. The van der Waals surface area contributed by atoms with Gasteiger partial charge in [-0.3, -0.25) is 4.79 Å². The molecule has 1 aromatic heterocycles. The highest BCUT2D eigenvalue weighted by molar-refractivity contribution is 14.1. The van der Waals surface area contributed by atoms with Gasteiger partial charge < -0.3 is 5.32 Å². The van der Waals surface area contributed by atoms with Crippen LogP contribution in [0.1, 0.15) is 34.8 Å². The smallest absolute Gasteiger partial charge is 0.253 e. The van der Waals surface area contributed by atoms with Gasteiger partial charge in [0.05, 0.1) is 11.6 Å². The van der Waals surface area contributed by atoms with Crippen LogP contribution < -0.4 is 5.32 Å². The fourth-order valence-electron chi connectivity index (χ4n) is 1.65. The van der Waals surface area contributed by atoms with Gasteiger partial charge in [0.15, 0.2) is 0 Å². The minimum atomic E-state index is -0.0764. The van der Waals surface area contributed by atoms with E-state index in [0.29, 0.717) is 5.56 Å². The van der Waals surface area contributed by atoms with Crippen LogP contribution in [0.3, 0.4) is 0 Å². The Morgan fingerprint density at radius 1 is 1.58 bits per heavy atom. The first kappa shape index (κ1) is 14.9. The fourth-order valence-corrected chi connectivity index (χ4v) is 3.34. The van der Waals surface area contributed by atoms with Crippen LogP contribution in [0, 0.1) is 3.57 Å². The molecule has 100 valence electrons. The minimum Gasteiger partial charge on any atom is -0.343 e. The highest BCUT2D eigenvalue weighted by atomic mass is 127. The SMILES string of the molecule is CCC(NC(=O)c1cc(I)ccc1Br)c1nccs1. The Bertz CT molecular complexity index is 574. The van der Waals surface area contributed by atoms with Crippen molar-refractivity contribution in [2.45, 2.75) is 19.4 Å². The molecular formula is C13H12BrIN2OS. The van der Waals surface area contributed by atoms with Crippen LogP contribution in [0.15, 0.2) is 34.2 Å². The molecule has 1 amide bonds. The van der Waals surface area contributed by atoms with Crippen LogP contribution in [0.5, 0.6) is 0 Å². The molecule has 0 spiro atoms. The van der Waals surface area contributed by atoms with Gasteiger partial charge in [-0.25, -0.2) is 4.98 Å². The van der Waals surface area contributed by atoms with Crippen molar-refractivity contribution in [3.05, 3.63) is 48.4 Å². The van der Waals surface area contributed by atoms with Crippen LogP contribution in [-0.4, -0.2) is 10.9 Å². The molecule has 0 saturated heterocycles. The Morgan fingerprint density at radius 2 is 2.37 bits per heavy atom. The lowest BCUT2D eigenvalue weighted by molar-refractivity contribution is 0.0934. The van der Waals surface area contributed by atoms with Gasteiger partial charge in [0.1, 0.15) is 5.01 Å². The molecule has 2 rings (SSSR count). The number of hydrogen-bond acceptors (Lipinski definition) is 3. The maximum absolute atomic E-state index is 12.3. The van der Waals surface area contributed by atoms with Gasteiger partial charge in [-0.1, -0.05) is 6.92 Å². The number of carbonyl (C=O) groups excluding carboxylic acids is 1. The highest BCUT2D eigenvalue weighted by Crippen LogP contribution is 2.23. The van der Waals surface area contributed by atoms with Crippen molar-refractivity contribution in [3.63, 3.8) is 0 Å². The highest BCUT2D eigenvalue weighted by Gasteiger charge is 2.17. The summed E-state index contributed by atoms with van der Waals surface area (Å²) in [6, 6.07) is 5.69. The maximum atomic E-state index is 12.3. The van der Waals surface area contributed by atoms with Crippen molar-refractivity contribution in [2.24, 2.45) is 0 Å². The number of aromatic nitrogens is 1. The molecule has 1 atom stereocenters.